The van der Waals surface area contributed by atoms with Gasteiger partial charge in [0, 0.05) is 12.1 Å². The molecule has 2 aromatic rings. The van der Waals surface area contributed by atoms with Crippen LogP contribution in [0.2, 0.25) is 5.28 Å². The number of rotatable bonds is 3. The highest BCUT2D eigenvalue weighted by molar-refractivity contribution is 6.28. The number of halogens is 1. The van der Waals surface area contributed by atoms with Crippen LogP contribution < -0.4 is 15.0 Å². The van der Waals surface area contributed by atoms with Crippen LogP contribution in [0.3, 0.4) is 0 Å². The third kappa shape index (κ3) is 2.26. The number of nitrogens with zero attached hydrogens (tertiary/aromatic N) is 1. The van der Waals surface area contributed by atoms with E-state index < -0.39 is 0 Å². The lowest BCUT2D eigenvalue weighted by Gasteiger charge is -2.26. The number of aromatic nitrogens is 2. The number of benzene rings is 1. The predicted molar refractivity (Wildman–Crippen MR) is 72.2 cm³/mol. The van der Waals surface area contributed by atoms with Crippen LogP contribution >= 0.6 is 11.6 Å². The van der Waals surface area contributed by atoms with E-state index in [4.69, 9.17) is 21.1 Å². The molecule has 0 aliphatic heterocycles. The molecule has 0 atom stereocenters. The highest BCUT2D eigenvalue weighted by atomic mass is 35.5. The van der Waals surface area contributed by atoms with Gasteiger partial charge in [0.25, 0.3) is 5.56 Å². The molecule has 1 fully saturated rings. The van der Waals surface area contributed by atoms with E-state index in [1.807, 2.05) is 0 Å². The van der Waals surface area contributed by atoms with E-state index in [1.54, 1.807) is 19.2 Å². The Kier molecular flexibility index (Phi) is 3.06. The maximum absolute atomic E-state index is 12.0. The molecular weight excluding hydrogens is 268 g/mol. The number of H-pyrrole nitrogens is 1. The highest BCUT2D eigenvalue weighted by Crippen LogP contribution is 2.32. The molecule has 0 saturated heterocycles. The van der Waals surface area contributed by atoms with Gasteiger partial charge in [-0.1, -0.05) is 0 Å². The van der Waals surface area contributed by atoms with Crippen molar-refractivity contribution in [3.8, 4) is 11.5 Å². The summed E-state index contributed by atoms with van der Waals surface area (Å²) in [6, 6.07) is 3.38. The van der Waals surface area contributed by atoms with Crippen LogP contribution in [0.1, 0.15) is 19.3 Å². The SMILES string of the molecule is COc1cc(OC2CCC2)c2c(=O)[nH]c(Cl)nc2c1. The summed E-state index contributed by atoms with van der Waals surface area (Å²) in [5.41, 5.74) is 0.175. The fourth-order valence-electron chi connectivity index (χ4n) is 2.06. The van der Waals surface area contributed by atoms with Crippen LogP contribution in [0, 0.1) is 0 Å². The Balaban J connectivity index is 2.18. The van der Waals surface area contributed by atoms with Crippen LogP contribution in [0.15, 0.2) is 16.9 Å². The molecule has 0 amide bonds. The van der Waals surface area contributed by atoms with Gasteiger partial charge >= 0.3 is 0 Å². The summed E-state index contributed by atoms with van der Waals surface area (Å²) in [6.07, 6.45) is 3.35. The maximum Gasteiger partial charge on any atom is 0.263 e. The molecule has 5 nitrogen and oxygen atoms in total. The monoisotopic (exact) mass is 280 g/mol. The zero-order valence-corrected chi connectivity index (χ0v) is 11.2. The highest BCUT2D eigenvalue weighted by Gasteiger charge is 2.21. The third-order valence-corrected chi connectivity index (χ3v) is 3.48. The smallest absolute Gasteiger partial charge is 0.263 e. The lowest BCUT2D eigenvalue weighted by molar-refractivity contribution is 0.122. The molecule has 6 heteroatoms. The first-order chi connectivity index (χ1) is 9.17. The third-order valence-electron chi connectivity index (χ3n) is 3.30. The van der Waals surface area contributed by atoms with Crippen molar-refractivity contribution in [2.24, 2.45) is 0 Å². The van der Waals surface area contributed by atoms with Gasteiger partial charge < -0.3 is 9.47 Å². The van der Waals surface area contributed by atoms with E-state index >= 15 is 0 Å². The summed E-state index contributed by atoms with van der Waals surface area (Å²) in [4.78, 5) is 18.6. The Morgan fingerprint density at radius 2 is 2.21 bits per heavy atom. The number of nitrogens with one attached hydrogen (secondary N) is 1. The van der Waals surface area contributed by atoms with Crippen LogP contribution in [0.5, 0.6) is 11.5 Å². The second kappa shape index (κ2) is 4.74. The van der Waals surface area contributed by atoms with Crippen molar-refractivity contribution in [2.75, 3.05) is 7.11 Å². The van der Waals surface area contributed by atoms with Crippen molar-refractivity contribution >= 4 is 22.5 Å². The number of methoxy groups -OCH3 is 1. The molecule has 19 heavy (non-hydrogen) atoms. The zero-order chi connectivity index (χ0) is 13.4. The van der Waals surface area contributed by atoms with Gasteiger partial charge in [0.15, 0.2) is 0 Å². The van der Waals surface area contributed by atoms with Crippen molar-refractivity contribution in [3.05, 3.63) is 27.8 Å². The molecule has 1 aromatic heterocycles. The van der Waals surface area contributed by atoms with Crippen LogP contribution in [-0.4, -0.2) is 23.2 Å². The van der Waals surface area contributed by atoms with Crippen LogP contribution in [0.4, 0.5) is 0 Å². The summed E-state index contributed by atoms with van der Waals surface area (Å²) >= 11 is 5.77. The molecule has 1 heterocycles. The Morgan fingerprint density at radius 3 is 2.84 bits per heavy atom. The molecule has 1 aliphatic carbocycles. The minimum Gasteiger partial charge on any atom is -0.497 e. The van der Waals surface area contributed by atoms with E-state index in [1.165, 1.54) is 0 Å². The Hall–Kier alpha value is -1.75. The fraction of sp³-hybridized carbons (Fsp3) is 0.385. The van der Waals surface area contributed by atoms with Crippen LogP contribution in [0.25, 0.3) is 10.9 Å². The van der Waals surface area contributed by atoms with Gasteiger partial charge in [-0.3, -0.25) is 9.78 Å². The van der Waals surface area contributed by atoms with Crippen molar-refractivity contribution < 1.29 is 9.47 Å². The first kappa shape index (κ1) is 12.3. The van der Waals surface area contributed by atoms with Gasteiger partial charge in [0.05, 0.1) is 18.7 Å². The lowest BCUT2D eigenvalue weighted by Crippen LogP contribution is -2.25. The summed E-state index contributed by atoms with van der Waals surface area (Å²) in [5, 5.41) is 0.470. The molecule has 1 N–H and O–H groups in total. The minimum atomic E-state index is -0.299. The van der Waals surface area contributed by atoms with Gasteiger partial charge in [-0.25, -0.2) is 4.98 Å². The fourth-order valence-corrected chi connectivity index (χ4v) is 2.24. The van der Waals surface area contributed by atoms with Gasteiger partial charge in [-0.15, -0.1) is 0 Å². The molecule has 0 unspecified atom stereocenters. The molecule has 1 aromatic carbocycles. The van der Waals surface area contributed by atoms with Crippen LogP contribution in [-0.2, 0) is 0 Å². The average Bonchev–Trinajstić information content (AvgIpc) is 2.32. The number of aromatic amines is 1. The van der Waals surface area contributed by atoms with Crippen molar-refractivity contribution in [1.82, 2.24) is 9.97 Å². The first-order valence-electron chi connectivity index (χ1n) is 6.11. The molecule has 100 valence electrons. The summed E-state index contributed by atoms with van der Waals surface area (Å²) in [6.45, 7) is 0. The quantitative estimate of drug-likeness (QED) is 0.878. The van der Waals surface area contributed by atoms with Gasteiger partial charge in [0.1, 0.15) is 16.9 Å². The van der Waals surface area contributed by atoms with Gasteiger partial charge in [-0.2, -0.15) is 0 Å². The molecule has 0 bridgehead atoms. The molecule has 0 spiro atoms. The van der Waals surface area contributed by atoms with E-state index in [0.717, 1.165) is 19.3 Å². The minimum absolute atomic E-state index is 0.0559. The lowest BCUT2D eigenvalue weighted by atomic mass is 9.96. The standard InChI is InChI=1S/C13H13ClN2O3/c1-18-8-5-9-11(12(17)16-13(14)15-9)10(6-8)19-7-3-2-4-7/h5-7H,2-4H2,1H3,(H,15,16,17). The number of hydrogen-bond donors (Lipinski definition) is 1. The molecule has 1 aliphatic rings. The molecule has 1 saturated carbocycles. The van der Waals surface area contributed by atoms with Crippen molar-refractivity contribution in [3.63, 3.8) is 0 Å². The second-order valence-corrected chi connectivity index (χ2v) is 4.91. The molecule has 0 radical (unpaired) electrons. The van der Waals surface area contributed by atoms with E-state index in [9.17, 15) is 4.79 Å². The maximum atomic E-state index is 12.0. The van der Waals surface area contributed by atoms with Gasteiger partial charge in [0.2, 0.25) is 5.28 Å². The molecule has 3 rings (SSSR count). The van der Waals surface area contributed by atoms with E-state index in [0.29, 0.717) is 22.4 Å². The topological polar surface area (TPSA) is 64.2 Å². The number of ether oxygens (including phenoxy) is 2. The molecular formula is C13H13ClN2O3. The van der Waals surface area contributed by atoms with Crippen molar-refractivity contribution in [2.45, 2.75) is 25.4 Å². The normalized spacial score (nSPS) is 15.3. The first-order valence-corrected chi connectivity index (χ1v) is 6.49. The Labute approximate surface area is 114 Å². The number of hydrogen-bond acceptors (Lipinski definition) is 4. The average molecular weight is 281 g/mol. The Morgan fingerprint density at radius 1 is 1.42 bits per heavy atom. The van der Waals surface area contributed by atoms with Crippen molar-refractivity contribution in [1.29, 1.82) is 0 Å². The van der Waals surface area contributed by atoms with E-state index in [-0.39, 0.29) is 16.9 Å². The van der Waals surface area contributed by atoms with E-state index in [2.05, 4.69) is 9.97 Å². The second-order valence-electron chi connectivity index (χ2n) is 4.55. The van der Waals surface area contributed by atoms with Gasteiger partial charge in [-0.05, 0) is 30.9 Å². The summed E-state index contributed by atoms with van der Waals surface area (Å²) in [5.74, 6) is 1.10. The summed E-state index contributed by atoms with van der Waals surface area (Å²) in [7, 11) is 1.56. The summed E-state index contributed by atoms with van der Waals surface area (Å²) < 4.78 is 11.0. The largest absolute Gasteiger partial charge is 0.497 e. The Bertz CT molecular complexity index is 679. The number of fused-ring (bicyclic) bond motifs is 1. The zero-order valence-electron chi connectivity index (χ0n) is 10.4. The predicted octanol–water partition coefficient (Wildman–Crippen LogP) is 2.52.